The third kappa shape index (κ3) is 5.20. The summed E-state index contributed by atoms with van der Waals surface area (Å²) < 4.78 is 1.14. The third-order valence-electron chi connectivity index (χ3n) is 5.45. The monoisotopic (exact) mass is 445 g/mol. The van der Waals surface area contributed by atoms with Crippen molar-refractivity contribution < 1.29 is 4.79 Å². The van der Waals surface area contributed by atoms with E-state index in [1.165, 1.54) is 5.56 Å². The van der Waals surface area contributed by atoms with Gasteiger partial charge in [0.2, 0.25) is 0 Å². The highest BCUT2D eigenvalue weighted by Gasteiger charge is 2.23. The first kappa shape index (κ1) is 24.3. The number of aromatic nitrogens is 1. The van der Waals surface area contributed by atoms with E-state index in [0.717, 1.165) is 57.2 Å². The molecule has 3 rings (SSSR count). The summed E-state index contributed by atoms with van der Waals surface area (Å²) in [5.41, 5.74) is 6.24. The van der Waals surface area contributed by atoms with E-state index in [2.05, 4.69) is 50.8 Å². The van der Waals surface area contributed by atoms with Crippen LogP contribution in [0.25, 0.3) is 10.2 Å². The predicted octanol–water partition coefficient (Wildman–Crippen LogP) is 5.94. The summed E-state index contributed by atoms with van der Waals surface area (Å²) in [6.45, 7) is 15.9. The van der Waals surface area contributed by atoms with E-state index in [4.69, 9.17) is 4.98 Å². The highest BCUT2D eigenvalue weighted by molar-refractivity contribution is 7.22. The average Bonchev–Trinajstić information content (AvgIpc) is 3.10. The zero-order valence-corrected chi connectivity index (χ0v) is 20.4. The Morgan fingerprint density at radius 2 is 1.63 bits per heavy atom. The van der Waals surface area contributed by atoms with Gasteiger partial charge < -0.3 is 4.90 Å². The van der Waals surface area contributed by atoms with Gasteiger partial charge in [-0.1, -0.05) is 48.9 Å². The number of fused-ring (bicyclic) bond motifs is 1. The minimum atomic E-state index is 0. The number of carbonyl (C=O) groups excluding carboxylic acids is 1. The predicted molar refractivity (Wildman–Crippen MR) is 132 cm³/mol. The van der Waals surface area contributed by atoms with Crippen molar-refractivity contribution in [3.8, 4) is 0 Å². The van der Waals surface area contributed by atoms with Gasteiger partial charge in [-0.05, 0) is 69.6 Å². The molecule has 1 heterocycles. The molecule has 1 aromatic heterocycles. The van der Waals surface area contributed by atoms with Gasteiger partial charge in [-0.2, -0.15) is 0 Å². The normalized spacial score (nSPS) is 11.0. The number of thiazole rings is 1. The van der Waals surface area contributed by atoms with E-state index in [1.54, 1.807) is 11.3 Å². The zero-order chi connectivity index (χ0) is 21.1. The molecule has 1 amide bonds. The summed E-state index contributed by atoms with van der Waals surface area (Å²) in [6.07, 6.45) is 0. The second kappa shape index (κ2) is 10.4. The summed E-state index contributed by atoms with van der Waals surface area (Å²) in [6, 6.07) is 10.4. The van der Waals surface area contributed by atoms with Gasteiger partial charge in [0, 0.05) is 18.7 Å². The molecule has 0 aliphatic rings. The van der Waals surface area contributed by atoms with Gasteiger partial charge in [-0.15, -0.1) is 12.4 Å². The molecule has 0 saturated carbocycles. The summed E-state index contributed by atoms with van der Waals surface area (Å²) >= 11 is 1.61. The second-order valence-corrected chi connectivity index (χ2v) is 8.74. The molecule has 0 atom stereocenters. The van der Waals surface area contributed by atoms with Crippen molar-refractivity contribution in [2.75, 3.05) is 31.1 Å². The Morgan fingerprint density at radius 1 is 0.933 bits per heavy atom. The lowest BCUT2D eigenvalue weighted by Gasteiger charge is -2.25. The van der Waals surface area contributed by atoms with Crippen LogP contribution in [0.2, 0.25) is 0 Å². The highest BCUT2D eigenvalue weighted by atomic mass is 35.5. The van der Waals surface area contributed by atoms with E-state index in [1.807, 2.05) is 30.9 Å². The van der Waals surface area contributed by atoms with Crippen LogP contribution in [-0.2, 0) is 0 Å². The number of rotatable bonds is 7. The topological polar surface area (TPSA) is 36.4 Å². The van der Waals surface area contributed by atoms with Gasteiger partial charge in [0.15, 0.2) is 5.13 Å². The van der Waals surface area contributed by atoms with Crippen molar-refractivity contribution in [2.24, 2.45) is 0 Å². The molecule has 6 heteroatoms. The molecule has 0 fully saturated rings. The molecule has 30 heavy (non-hydrogen) atoms. The lowest BCUT2D eigenvalue weighted by atomic mass is 10.0. The zero-order valence-electron chi connectivity index (χ0n) is 18.8. The standard InChI is InChI=1S/C24H31N3OS.ClH/c1-7-26(8-2)11-12-27(23(28)20-14-16(3)9-10-18(20)5)24-25-22-19(6)13-17(4)15-21(22)29-24;/h9-10,13-15H,7-8,11-12H2,1-6H3;1H. The minimum Gasteiger partial charge on any atom is -0.302 e. The molecular weight excluding hydrogens is 414 g/mol. The maximum absolute atomic E-state index is 13.6. The highest BCUT2D eigenvalue weighted by Crippen LogP contribution is 2.32. The minimum absolute atomic E-state index is 0. The molecule has 0 aliphatic carbocycles. The first-order valence-corrected chi connectivity index (χ1v) is 11.1. The van der Waals surface area contributed by atoms with Gasteiger partial charge in [-0.3, -0.25) is 9.69 Å². The SMILES string of the molecule is CCN(CC)CCN(C(=O)c1cc(C)ccc1C)c1nc2c(C)cc(C)cc2s1.Cl. The molecule has 0 saturated heterocycles. The Bertz CT molecular complexity index is 1030. The van der Waals surface area contributed by atoms with Crippen LogP contribution in [0.1, 0.15) is 46.5 Å². The summed E-state index contributed by atoms with van der Waals surface area (Å²) in [7, 11) is 0. The fourth-order valence-electron chi connectivity index (χ4n) is 3.65. The van der Waals surface area contributed by atoms with Crippen LogP contribution in [0.3, 0.4) is 0 Å². The van der Waals surface area contributed by atoms with Crippen LogP contribution in [0.4, 0.5) is 5.13 Å². The van der Waals surface area contributed by atoms with Crippen LogP contribution in [0.5, 0.6) is 0 Å². The molecule has 0 N–H and O–H groups in total. The fraction of sp³-hybridized carbons (Fsp3) is 0.417. The smallest absolute Gasteiger partial charge is 0.260 e. The van der Waals surface area contributed by atoms with E-state index >= 15 is 0 Å². The van der Waals surface area contributed by atoms with Crippen LogP contribution < -0.4 is 4.90 Å². The number of carbonyl (C=O) groups is 1. The number of halogens is 1. The average molecular weight is 446 g/mol. The molecule has 3 aromatic rings. The van der Waals surface area contributed by atoms with Gasteiger partial charge in [0.25, 0.3) is 5.91 Å². The second-order valence-electron chi connectivity index (χ2n) is 7.73. The van der Waals surface area contributed by atoms with E-state index in [-0.39, 0.29) is 18.3 Å². The van der Waals surface area contributed by atoms with Crippen LogP contribution in [0, 0.1) is 27.7 Å². The van der Waals surface area contributed by atoms with Crippen LogP contribution in [-0.4, -0.2) is 42.0 Å². The molecule has 4 nitrogen and oxygen atoms in total. The number of hydrogen-bond donors (Lipinski definition) is 0. The summed E-state index contributed by atoms with van der Waals surface area (Å²) in [4.78, 5) is 22.7. The van der Waals surface area contributed by atoms with Crippen molar-refractivity contribution in [3.05, 3.63) is 58.1 Å². The molecular formula is C24H32ClN3OS. The molecule has 0 radical (unpaired) electrons. The molecule has 0 bridgehead atoms. The number of likely N-dealkylation sites (N-methyl/N-ethyl adjacent to an activating group) is 1. The quantitative estimate of drug-likeness (QED) is 0.451. The summed E-state index contributed by atoms with van der Waals surface area (Å²) in [5, 5.41) is 0.784. The Balaban J connectivity index is 0.00000320. The third-order valence-corrected chi connectivity index (χ3v) is 6.48. The van der Waals surface area contributed by atoms with Gasteiger partial charge in [0.05, 0.1) is 10.2 Å². The molecule has 0 aliphatic heterocycles. The van der Waals surface area contributed by atoms with Crippen molar-refractivity contribution >= 4 is 45.0 Å². The first-order valence-electron chi connectivity index (χ1n) is 10.3. The van der Waals surface area contributed by atoms with E-state index < -0.39 is 0 Å². The van der Waals surface area contributed by atoms with Gasteiger partial charge in [0.1, 0.15) is 0 Å². The Hall–Kier alpha value is -1.95. The number of benzene rings is 2. The Labute approximate surface area is 190 Å². The number of anilines is 1. The lowest BCUT2D eigenvalue weighted by Crippen LogP contribution is -2.39. The van der Waals surface area contributed by atoms with E-state index in [0.29, 0.717) is 6.54 Å². The Kier molecular flexibility index (Phi) is 8.42. The van der Waals surface area contributed by atoms with Crippen molar-refractivity contribution in [3.63, 3.8) is 0 Å². The lowest BCUT2D eigenvalue weighted by molar-refractivity contribution is 0.0983. The molecule has 2 aromatic carbocycles. The van der Waals surface area contributed by atoms with Crippen LogP contribution >= 0.6 is 23.7 Å². The van der Waals surface area contributed by atoms with Crippen molar-refractivity contribution in [2.45, 2.75) is 41.5 Å². The number of hydrogen-bond acceptors (Lipinski definition) is 4. The Morgan fingerprint density at radius 3 is 2.30 bits per heavy atom. The molecule has 0 spiro atoms. The van der Waals surface area contributed by atoms with Crippen molar-refractivity contribution in [1.29, 1.82) is 0 Å². The maximum Gasteiger partial charge on any atom is 0.260 e. The first-order chi connectivity index (χ1) is 13.8. The number of aryl methyl sites for hydroxylation is 4. The van der Waals surface area contributed by atoms with Gasteiger partial charge in [-0.25, -0.2) is 4.98 Å². The molecule has 162 valence electrons. The number of nitrogens with zero attached hydrogens (tertiary/aromatic N) is 3. The van der Waals surface area contributed by atoms with Gasteiger partial charge >= 0.3 is 0 Å². The number of amides is 1. The van der Waals surface area contributed by atoms with Crippen LogP contribution in [0.15, 0.2) is 30.3 Å². The fourth-order valence-corrected chi connectivity index (χ4v) is 4.82. The van der Waals surface area contributed by atoms with Crippen molar-refractivity contribution in [1.82, 2.24) is 9.88 Å². The molecule has 0 unspecified atom stereocenters. The van der Waals surface area contributed by atoms with E-state index in [9.17, 15) is 4.79 Å². The summed E-state index contributed by atoms with van der Waals surface area (Å²) in [5.74, 6) is 0.0341. The largest absolute Gasteiger partial charge is 0.302 e. The maximum atomic E-state index is 13.6.